The molecule has 1 unspecified atom stereocenters. The molecule has 0 radical (unpaired) electrons. The van der Waals surface area contributed by atoms with Crippen molar-refractivity contribution in [3.05, 3.63) is 12.3 Å². The summed E-state index contributed by atoms with van der Waals surface area (Å²) in [5.41, 5.74) is 4.47. The molecule has 3 N–H and O–H groups in total. The van der Waals surface area contributed by atoms with E-state index in [0.29, 0.717) is 19.4 Å². The number of aliphatic imine (C=N–C) groups is 1. The van der Waals surface area contributed by atoms with E-state index in [1.54, 1.807) is 13.8 Å². The Bertz CT molecular complexity index is 678. The lowest BCUT2D eigenvalue weighted by Crippen LogP contribution is -2.51. The normalized spacial score (nSPS) is 12.9. The lowest BCUT2D eigenvalue weighted by atomic mass is 10.0. The van der Waals surface area contributed by atoms with Crippen LogP contribution in [0.25, 0.3) is 0 Å². The van der Waals surface area contributed by atoms with Gasteiger partial charge < -0.3 is 25.0 Å². The van der Waals surface area contributed by atoms with E-state index in [-0.39, 0.29) is 30.5 Å². The van der Waals surface area contributed by atoms with E-state index in [1.165, 1.54) is 19.4 Å². The molecule has 1 rings (SSSR count). The number of nitrogens with one attached hydrogen (secondary N) is 1. The van der Waals surface area contributed by atoms with Crippen molar-refractivity contribution < 1.29 is 23.6 Å². The smallest absolute Gasteiger partial charge is 0.254 e. The Morgan fingerprint density at radius 2 is 2.26 bits per heavy atom. The molecule has 0 bridgehead atoms. The third-order valence-corrected chi connectivity index (χ3v) is 3.75. The SMILES string of the molecule is COC(C)(C)C(=O)NC(CCCN=C(N)CC#N)C(=O)COc1ccon1. The highest BCUT2D eigenvalue weighted by Gasteiger charge is 2.31. The van der Waals surface area contributed by atoms with Crippen molar-refractivity contribution in [1.82, 2.24) is 10.5 Å². The third-order valence-electron chi connectivity index (χ3n) is 3.75. The fourth-order valence-electron chi connectivity index (χ4n) is 1.91. The molecule has 10 nitrogen and oxygen atoms in total. The van der Waals surface area contributed by atoms with Crippen LogP contribution in [-0.2, 0) is 14.3 Å². The van der Waals surface area contributed by atoms with Crippen LogP contribution in [-0.4, -0.2) is 54.6 Å². The first-order valence-electron chi connectivity index (χ1n) is 8.38. The fraction of sp³-hybridized carbons (Fsp3) is 0.588. The van der Waals surface area contributed by atoms with Gasteiger partial charge in [0.15, 0.2) is 12.4 Å². The molecule has 1 aromatic rings. The molecule has 0 aromatic carbocycles. The van der Waals surface area contributed by atoms with E-state index in [1.807, 2.05) is 6.07 Å². The van der Waals surface area contributed by atoms with Crippen LogP contribution >= 0.6 is 0 Å². The van der Waals surface area contributed by atoms with Crippen molar-refractivity contribution in [1.29, 1.82) is 5.26 Å². The molecule has 1 atom stereocenters. The molecule has 10 heteroatoms. The first-order valence-corrected chi connectivity index (χ1v) is 8.38. The first-order chi connectivity index (χ1) is 12.8. The Balaban J connectivity index is 2.67. The zero-order chi connectivity index (χ0) is 20.3. The van der Waals surface area contributed by atoms with Gasteiger partial charge in [-0.15, -0.1) is 0 Å². The lowest BCUT2D eigenvalue weighted by molar-refractivity contribution is -0.142. The molecule has 0 aliphatic rings. The third kappa shape index (κ3) is 7.87. The number of hydrogen-bond donors (Lipinski definition) is 2. The molecule has 0 aliphatic carbocycles. The summed E-state index contributed by atoms with van der Waals surface area (Å²) in [6.07, 6.45) is 2.19. The van der Waals surface area contributed by atoms with Crippen LogP contribution < -0.4 is 15.8 Å². The van der Waals surface area contributed by atoms with Gasteiger partial charge in [-0.25, -0.2) is 0 Å². The molecule has 0 saturated carbocycles. The van der Waals surface area contributed by atoms with Crippen molar-refractivity contribution in [2.24, 2.45) is 10.7 Å². The molecule has 27 heavy (non-hydrogen) atoms. The fourth-order valence-corrected chi connectivity index (χ4v) is 1.91. The highest BCUT2D eigenvalue weighted by molar-refractivity contribution is 5.92. The summed E-state index contributed by atoms with van der Waals surface area (Å²) >= 11 is 0. The number of ketones is 1. The van der Waals surface area contributed by atoms with Crippen LogP contribution in [0, 0.1) is 11.3 Å². The first kappa shape index (κ1) is 22.1. The van der Waals surface area contributed by atoms with Gasteiger partial charge in [0, 0.05) is 19.7 Å². The Morgan fingerprint density at radius 3 is 2.85 bits per heavy atom. The number of Topliss-reactive ketones (excluding diaryl/α,β-unsaturated/α-hetero) is 1. The van der Waals surface area contributed by atoms with E-state index in [2.05, 4.69) is 20.0 Å². The summed E-state index contributed by atoms with van der Waals surface area (Å²) in [4.78, 5) is 28.9. The minimum Gasteiger partial charge on any atom is -0.467 e. The Morgan fingerprint density at radius 1 is 1.52 bits per heavy atom. The van der Waals surface area contributed by atoms with Gasteiger partial charge in [0.1, 0.15) is 17.7 Å². The predicted octanol–water partition coefficient (Wildman–Crippen LogP) is 0.583. The van der Waals surface area contributed by atoms with Crippen LogP contribution in [0.4, 0.5) is 0 Å². The monoisotopic (exact) mass is 379 g/mol. The van der Waals surface area contributed by atoms with Gasteiger partial charge in [-0.3, -0.25) is 14.6 Å². The molecule has 1 amide bonds. The highest BCUT2D eigenvalue weighted by Crippen LogP contribution is 2.11. The van der Waals surface area contributed by atoms with E-state index in [0.717, 1.165) is 0 Å². The van der Waals surface area contributed by atoms with Gasteiger partial charge in [0.2, 0.25) is 0 Å². The topological polar surface area (TPSA) is 153 Å². The number of amides is 1. The second-order valence-electron chi connectivity index (χ2n) is 6.18. The molecular formula is C17H25N5O5. The molecule has 1 aromatic heterocycles. The summed E-state index contributed by atoms with van der Waals surface area (Å²) < 4.78 is 15.0. The van der Waals surface area contributed by atoms with Gasteiger partial charge in [-0.05, 0) is 31.8 Å². The molecule has 0 spiro atoms. The number of nitriles is 1. The lowest BCUT2D eigenvalue weighted by Gasteiger charge is -2.25. The van der Waals surface area contributed by atoms with Crippen LogP contribution in [0.5, 0.6) is 5.88 Å². The average Bonchev–Trinajstić information content (AvgIpc) is 3.15. The van der Waals surface area contributed by atoms with E-state index >= 15 is 0 Å². The van der Waals surface area contributed by atoms with E-state index < -0.39 is 17.6 Å². The minimum atomic E-state index is -1.08. The Kier molecular flexibility index (Phi) is 8.95. The van der Waals surface area contributed by atoms with Crippen molar-refractivity contribution in [3.63, 3.8) is 0 Å². The number of nitrogens with zero attached hydrogens (tertiary/aromatic N) is 3. The summed E-state index contributed by atoms with van der Waals surface area (Å²) in [5.74, 6) is -0.330. The number of ether oxygens (including phenoxy) is 2. The van der Waals surface area contributed by atoms with E-state index in [4.69, 9.17) is 20.5 Å². The van der Waals surface area contributed by atoms with Gasteiger partial charge in [-0.2, -0.15) is 5.26 Å². The Labute approximate surface area is 157 Å². The second-order valence-corrected chi connectivity index (χ2v) is 6.18. The molecule has 148 valence electrons. The summed E-state index contributed by atoms with van der Waals surface area (Å²) in [6, 6.07) is 2.59. The number of hydrogen-bond acceptors (Lipinski definition) is 8. The number of methoxy groups -OCH3 is 1. The van der Waals surface area contributed by atoms with Gasteiger partial charge >= 0.3 is 0 Å². The summed E-state index contributed by atoms with van der Waals surface area (Å²) in [6.45, 7) is 3.26. The maximum atomic E-state index is 12.5. The molecular weight excluding hydrogens is 354 g/mol. The van der Waals surface area contributed by atoms with Gasteiger partial charge in [-0.1, -0.05) is 0 Å². The maximum absolute atomic E-state index is 12.5. The number of carbonyl (C=O) groups excluding carboxylic acids is 2. The number of rotatable bonds is 12. The molecule has 0 aliphatic heterocycles. The summed E-state index contributed by atoms with van der Waals surface area (Å²) in [5, 5.41) is 14.8. The van der Waals surface area contributed by atoms with Crippen molar-refractivity contribution in [3.8, 4) is 11.9 Å². The standard InChI is InChI=1S/C17H25N5O5/c1-17(2,25-3)16(24)21-12(5-4-9-20-14(19)6-8-18)13(23)11-26-15-7-10-27-22-15/h7,10,12H,4-6,9,11H2,1-3H3,(H2,19,20)(H,21,24). The van der Waals surface area contributed by atoms with Crippen molar-refractivity contribution in [2.45, 2.75) is 44.8 Å². The largest absolute Gasteiger partial charge is 0.467 e. The summed E-state index contributed by atoms with van der Waals surface area (Å²) in [7, 11) is 1.41. The van der Waals surface area contributed by atoms with Crippen LogP contribution in [0.3, 0.4) is 0 Å². The zero-order valence-corrected chi connectivity index (χ0v) is 15.7. The van der Waals surface area contributed by atoms with Gasteiger partial charge in [0.05, 0.1) is 18.5 Å². The number of carbonyl (C=O) groups is 2. The van der Waals surface area contributed by atoms with Crippen molar-refractivity contribution >= 4 is 17.5 Å². The van der Waals surface area contributed by atoms with Crippen LogP contribution in [0.1, 0.15) is 33.1 Å². The number of aromatic nitrogens is 1. The van der Waals surface area contributed by atoms with Crippen molar-refractivity contribution in [2.75, 3.05) is 20.3 Å². The second kappa shape index (κ2) is 10.9. The predicted molar refractivity (Wildman–Crippen MR) is 96.0 cm³/mol. The Hall–Kier alpha value is -2.93. The molecule has 0 fully saturated rings. The molecule has 1 heterocycles. The van der Waals surface area contributed by atoms with Crippen LogP contribution in [0.15, 0.2) is 21.8 Å². The number of amidine groups is 1. The van der Waals surface area contributed by atoms with Crippen LogP contribution in [0.2, 0.25) is 0 Å². The van der Waals surface area contributed by atoms with Gasteiger partial charge in [0.25, 0.3) is 11.8 Å². The number of nitrogens with two attached hydrogens (primary N) is 1. The minimum absolute atomic E-state index is 0.0483. The maximum Gasteiger partial charge on any atom is 0.254 e. The van der Waals surface area contributed by atoms with E-state index in [9.17, 15) is 9.59 Å². The zero-order valence-electron chi connectivity index (χ0n) is 15.7. The quantitative estimate of drug-likeness (QED) is 0.304. The highest BCUT2D eigenvalue weighted by atomic mass is 16.5. The average molecular weight is 379 g/mol. The molecule has 0 saturated heterocycles.